The number of amides is 1. The minimum atomic E-state index is -1.30. The van der Waals surface area contributed by atoms with Crippen LogP contribution in [-0.4, -0.2) is 46.3 Å². The van der Waals surface area contributed by atoms with Crippen molar-refractivity contribution >= 4 is 23.3 Å². The number of carbonyl (C=O) groups is 2. The zero-order valence-corrected chi connectivity index (χ0v) is 19.9. The van der Waals surface area contributed by atoms with Crippen LogP contribution in [0.3, 0.4) is 0 Å². The summed E-state index contributed by atoms with van der Waals surface area (Å²) >= 11 is 0. The summed E-state index contributed by atoms with van der Waals surface area (Å²) in [6.07, 6.45) is 4.16. The molecule has 3 fully saturated rings. The minimum Gasteiger partial charge on any atom is -0.477 e. The highest BCUT2D eigenvalue weighted by Gasteiger charge is 2.58. The number of alkyl carbamates (subject to hydrolysis) is 1. The molecule has 3 heterocycles. The highest BCUT2D eigenvalue weighted by Crippen LogP contribution is 2.54. The minimum absolute atomic E-state index is 0.0149. The lowest BCUT2D eigenvalue weighted by atomic mass is 10.0. The first kappa shape index (κ1) is 22.7. The van der Waals surface area contributed by atoms with Gasteiger partial charge in [0.2, 0.25) is 0 Å². The Morgan fingerprint density at radius 3 is 2.62 bits per heavy atom. The average Bonchev–Trinajstić information content (AvgIpc) is 3.61. The number of carboxylic acids is 1. The molecule has 2 aromatic rings. The van der Waals surface area contributed by atoms with E-state index < -0.39 is 29.0 Å². The molecule has 2 aliphatic carbocycles. The fraction of sp³-hybridized carbons (Fsp3) is 0.560. The van der Waals surface area contributed by atoms with Crippen molar-refractivity contribution in [3.8, 4) is 0 Å². The van der Waals surface area contributed by atoms with Crippen molar-refractivity contribution < 1.29 is 23.8 Å². The normalized spacial score (nSPS) is 24.0. The van der Waals surface area contributed by atoms with Crippen molar-refractivity contribution in [2.45, 2.75) is 70.9 Å². The lowest BCUT2D eigenvalue weighted by molar-refractivity contribution is 0.0516. The molecule has 1 saturated heterocycles. The molecule has 0 unspecified atom stereocenters. The Labute approximate surface area is 196 Å². The van der Waals surface area contributed by atoms with Gasteiger partial charge in [0, 0.05) is 24.5 Å². The first-order valence-corrected chi connectivity index (χ1v) is 11.8. The number of carbonyl (C=O) groups excluding carboxylic acids is 1. The molecule has 2 N–H and O–H groups in total. The molecule has 2 atom stereocenters. The number of nitrogens with one attached hydrogen (secondary N) is 1. The zero-order chi connectivity index (χ0) is 24.6. The van der Waals surface area contributed by atoms with Gasteiger partial charge in [-0.05, 0) is 76.5 Å². The van der Waals surface area contributed by atoms with Gasteiger partial charge in [0.1, 0.15) is 11.2 Å². The standard InChI is InChI=1S/C25H30FN3O5/c1-13-19-15(14-5-6-14)9-16(22(31)32)21(30)29(19)11-17(26)20(13)28-8-7-25(12-28)10-18(25)27-23(33)34-24(2,3)4/h9,11,14,18H,5-8,10,12H2,1-4H3,(H,27,33)(H,31,32)/t18-,25+/m0/s1. The number of nitrogens with zero attached hydrogens (tertiary/aromatic N) is 2. The van der Waals surface area contributed by atoms with Crippen LogP contribution in [0, 0.1) is 18.2 Å². The summed E-state index contributed by atoms with van der Waals surface area (Å²) in [6, 6.07) is 1.46. The van der Waals surface area contributed by atoms with Gasteiger partial charge < -0.3 is 20.1 Å². The second-order valence-electron chi connectivity index (χ2n) is 11.0. The molecule has 8 nitrogen and oxygen atoms in total. The van der Waals surface area contributed by atoms with Gasteiger partial charge in [0.05, 0.1) is 17.4 Å². The molecule has 1 amide bonds. The molecule has 0 bridgehead atoms. The molecule has 5 rings (SSSR count). The molecule has 182 valence electrons. The van der Waals surface area contributed by atoms with E-state index in [0.717, 1.165) is 37.4 Å². The fourth-order valence-electron chi connectivity index (χ4n) is 5.43. The number of hydrogen-bond donors (Lipinski definition) is 2. The van der Waals surface area contributed by atoms with Crippen LogP contribution in [0.5, 0.6) is 0 Å². The Kier molecular flexibility index (Phi) is 4.97. The first-order valence-electron chi connectivity index (χ1n) is 11.8. The molecule has 0 aromatic carbocycles. The molecule has 2 saturated carbocycles. The van der Waals surface area contributed by atoms with E-state index in [1.807, 2.05) is 25.7 Å². The lowest BCUT2D eigenvalue weighted by Crippen LogP contribution is -2.36. The number of anilines is 1. The van der Waals surface area contributed by atoms with Gasteiger partial charge in [-0.3, -0.25) is 9.20 Å². The number of pyridine rings is 2. The third-order valence-corrected chi connectivity index (χ3v) is 7.27. The van der Waals surface area contributed by atoms with E-state index in [0.29, 0.717) is 29.9 Å². The summed E-state index contributed by atoms with van der Waals surface area (Å²) in [4.78, 5) is 38.6. The van der Waals surface area contributed by atoms with E-state index in [4.69, 9.17) is 4.74 Å². The van der Waals surface area contributed by atoms with Gasteiger partial charge in [-0.1, -0.05) is 0 Å². The molecule has 9 heteroatoms. The largest absolute Gasteiger partial charge is 0.477 e. The Balaban J connectivity index is 1.46. The van der Waals surface area contributed by atoms with E-state index in [-0.39, 0.29) is 22.9 Å². The predicted octanol–water partition coefficient (Wildman–Crippen LogP) is 3.82. The third-order valence-electron chi connectivity index (χ3n) is 7.27. The summed E-state index contributed by atoms with van der Waals surface area (Å²) in [7, 11) is 0. The Hall–Kier alpha value is -3.10. The predicted molar refractivity (Wildman–Crippen MR) is 124 cm³/mol. The maximum Gasteiger partial charge on any atom is 0.407 e. The van der Waals surface area contributed by atoms with Crippen molar-refractivity contribution in [2.24, 2.45) is 5.41 Å². The van der Waals surface area contributed by atoms with Crippen molar-refractivity contribution in [1.82, 2.24) is 9.72 Å². The van der Waals surface area contributed by atoms with Gasteiger partial charge >= 0.3 is 12.1 Å². The van der Waals surface area contributed by atoms with E-state index >= 15 is 4.39 Å². The number of carboxylic acid groups (broad SMARTS) is 1. The van der Waals surface area contributed by atoms with E-state index in [1.54, 1.807) is 6.92 Å². The Bertz CT molecular complexity index is 1280. The number of aryl methyl sites for hydroxylation is 1. The van der Waals surface area contributed by atoms with Crippen LogP contribution in [0.4, 0.5) is 14.9 Å². The van der Waals surface area contributed by atoms with Crippen LogP contribution < -0.4 is 15.8 Å². The van der Waals surface area contributed by atoms with Crippen LogP contribution in [0.1, 0.15) is 73.9 Å². The molecule has 0 radical (unpaired) electrons. The number of hydrogen-bond acceptors (Lipinski definition) is 5. The van der Waals surface area contributed by atoms with Crippen LogP contribution in [0.25, 0.3) is 5.52 Å². The molecule has 34 heavy (non-hydrogen) atoms. The van der Waals surface area contributed by atoms with Crippen molar-refractivity contribution in [3.63, 3.8) is 0 Å². The molecular formula is C25H30FN3O5. The van der Waals surface area contributed by atoms with Gasteiger partial charge in [-0.25, -0.2) is 14.0 Å². The van der Waals surface area contributed by atoms with E-state index in [2.05, 4.69) is 5.32 Å². The summed E-state index contributed by atoms with van der Waals surface area (Å²) < 4.78 is 22.0. The van der Waals surface area contributed by atoms with Crippen molar-refractivity contribution in [1.29, 1.82) is 0 Å². The van der Waals surface area contributed by atoms with Crippen LogP contribution >= 0.6 is 0 Å². The molecular weight excluding hydrogens is 441 g/mol. The summed E-state index contributed by atoms with van der Waals surface area (Å²) in [5.41, 5.74) is 0.747. The van der Waals surface area contributed by atoms with Gasteiger partial charge in [-0.15, -0.1) is 0 Å². The summed E-state index contributed by atoms with van der Waals surface area (Å²) in [6.45, 7) is 8.48. The average molecular weight is 472 g/mol. The van der Waals surface area contributed by atoms with Gasteiger partial charge in [-0.2, -0.15) is 0 Å². The summed E-state index contributed by atoms with van der Waals surface area (Å²) in [5, 5.41) is 12.4. The van der Waals surface area contributed by atoms with Crippen LogP contribution in [-0.2, 0) is 4.74 Å². The topological polar surface area (TPSA) is 100 Å². The zero-order valence-electron chi connectivity index (χ0n) is 19.9. The lowest BCUT2D eigenvalue weighted by Gasteiger charge is -2.24. The number of aromatic nitrogens is 1. The second kappa shape index (κ2) is 7.45. The van der Waals surface area contributed by atoms with Gasteiger partial charge in [0.15, 0.2) is 5.82 Å². The summed E-state index contributed by atoms with van der Waals surface area (Å²) in [5.74, 6) is -1.67. The highest BCUT2D eigenvalue weighted by molar-refractivity contribution is 5.89. The fourth-order valence-corrected chi connectivity index (χ4v) is 5.43. The maximum atomic E-state index is 15.4. The van der Waals surface area contributed by atoms with Crippen LogP contribution in [0.15, 0.2) is 17.1 Å². The third kappa shape index (κ3) is 3.80. The SMILES string of the molecule is Cc1c(N2CC[C@@]3(C[C@@H]3NC(=O)OC(C)(C)C)C2)c(F)cn2c(=O)c(C(=O)O)cc(C3CC3)c12. The highest BCUT2D eigenvalue weighted by atomic mass is 19.1. The van der Waals surface area contributed by atoms with E-state index in [1.165, 1.54) is 10.5 Å². The Morgan fingerprint density at radius 1 is 1.29 bits per heavy atom. The number of rotatable bonds is 4. The Morgan fingerprint density at radius 2 is 2.00 bits per heavy atom. The maximum absolute atomic E-state index is 15.4. The number of fused-ring (bicyclic) bond motifs is 1. The monoisotopic (exact) mass is 471 g/mol. The van der Waals surface area contributed by atoms with Crippen molar-refractivity contribution in [3.05, 3.63) is 45.1 Å². The van der Waals surface area contributed by atoms with Crippen LogP contribution in [0.2, 0.25) is 0 Å². The number of aromatic carboxylic acids is 1. The molecule has 1 aliphatic heterocycles. The smallest absolute Gasteiger partial charge is 0.407 e. The van der Waals surface area contributed by atoms with E-state index in [9.17, 15) is 19.5 Å². The number of halogens is 1. The molecule has 1 spiro atoms. The second-order valence-corrected chi connectivity index (χ2v) is 11.0. The molecule has 2 aromatic heterocycles. The first-order chi connectivity index (χ1) is 15.9. The quantitative estimate of drug-likeness (QED) is 0.703. The van der Waals surface area contributed by atoms with Crippen molar-refractivity contribution in [2.75, 3.05) is 18.0 Å². The van der Waals surface area contributed by atoms with Gasteiger partial charge in [0.25, 0.3) is 5.56 Å². The molecule has 3 aliphatic rings. The number of ether oxygens (including phenoxy) is 1.